The summed E-state index contributed by atoms with van der Waals surface area (Å²) in [5, 5.41) is 0.677. The number of esters is 1. The van der Waals surface area contributed by atoms with E-state index in [0.29, 0.717) is 38.2 Å². The molecule has 1 aromatic heterocycles. The predicted octanol–water partition coefficient (Wildman–Crippen LogP) is 6.75. The summed E-state index contributed by atoms with van der Waals surface area (Å²) in [5.74, 6) is -0.201. The van der Waals surface area contributed by atoms with Crippen molar-refractivity contribution in [3.8, 4) is 0 Å². The molecule has 4 aromatic rings. The fourth-order valence-electron chi connectivity index (χ4n) is 4.48. The standard InChI is InChI=1S/C31H30Cl2N2O6S/c1-3-35(42(38,39)26-14-11-22(12-15-26)18-30(36)40-4-2)29-16-13-24(32)19-23(29)20-34(21-25-8-7-17-41-25)31(37)27-9-5-6-10-28(27)33/h5-17,19H,3-4,18,20-21H2,1-2H3. The molecule has 1 amide bonds. The van der Waals surface area contributed by atoms with E-state index >= 15 is 0 Å². The number of furan rings is 1. The van der Waals surface area contributed by atoms with Crippen LogP contribution >= 0.6 is 23.2 Å². The lowest BCUT2D eigenvalue weighted by Crippen LogP contribution is -2.34. The topological polar surface area (TPSA) is 97.1 Å². The highest BCUT2D eigenvalue weighted by Crippen LogP contribution is 2.32. The maximum absolute atomic E-state index is 13.9. The predicted molar refractivity (Wildman–Crippen MR) is 162 cm³/mol. The van der Waals surface area contributed by atoms with Crippen LogP contribution in [0.2, 0.25) is 10.0 Å². The Hall–Kier alpha value is -3.79. The third kappa shape index (κ3) is 7.34. The molecule has 0 radical (unpaired) electrons. The zero-order valence-electron chi connectivity index (χ0n) is 23.1. The molecule has 0 aliphatic carbocycles. The van der Waals surface area contributed by atoms with Gasteiger partial charge >= 0.3 is 5.97 Å². The number of amides is 1. The van der Waals surface area contributed by atoms with Crippen molar-refractivity contribution >= 4 is 50.8 Å². The molecule has 0 N–H and O–H groups in total. The average Bonchev–Trinajstić information content (AvgIpc) is 3.48. The van der Waals surface area contributed by atoms with E-state index in [0.717, 1.165) is 0 Å². The quantitative estimate of drug-likeness (QED) is 0.161. The van der Waals surface area contributed by atoms with E-state index in [4.69, 9.17) is 32.4 Å². The zero-order valence-corrected chi connectivity index (χ0v) is 25.5. The first-order valence-corrected chi connectivity index (χ1v) is 15.5. The molecule has 8 nitrogen and oxygen atoms in total. The minimum Gasteiger partial charge on any atom is -0.467 e. The van der Waals surface area contributed by atoms with Gasteiger partial charge in [-0.3, -0.25) is 13.9 Å². The van der Waals surface area contributed by atoms with Crippen LogP contribution in [0.15, 0.2) is 94.4 Å². The van der Waals surface area contributed by atoms with Gasteiger partial charge in [-0.25, -0.2) is 8.42 Å². The van der Waals surface area contributed by atoms with Crippen molar-refractivity contribution in [2.45, 2.75) is 38.3 Å². The molecular formula is C31H30Cl2N2O6S. The summed E-state index contributed by atoms with van der Waals surface area (Å²) in [6.45, 7) is 3.96. The Morgan fingerprint density at radius 3 is 2.29 bits per heavy atom. The summed E-state index contributed by atoms with van der Waals surface area (Å²) < 4.78 is 39.5. The van der Waals surface area contributed by atoms with Gasteiger partial charge in [0.05, 0.1) is 47.0 Å². The lowest BCUT2D eigenvalue weighted by Gasteiger charge is -2.28. The molecule has 3 aromatic carbocycles. The molecular weight excluding hydrogens is 599 g/mol. The number of rotatable bonds is 12. The van der Waals surface area contributed by atoms with E-state index in [9.17, 15) is 18.0 Å². The van der Waals surface area contributed by atoms with Crippen LogP contribution in [0.5, 0.6) is 0 Å². The molecule has 0 saturated carbocycles. The molecule has 0 aliphatic heterocycles. The molecule has 0 saturated heterocycles. The summed E-state index contributed by atoms with van der Waals surface area (Å²) in [6, 6.07) is 21.2. The van der Waals surface area contributed by atoms with Crippen LogP contribution in [0.1, 0.15) is 41.1 Å². The molecule has 1 heterocycles. The van der Waals surface area contributed by atoms with Crippen LogP contribution < -0.4 is 4.31 Å². The smallest absolute Gasteiger partial charge is 0.310 e. The third-order valence-electron chi connectivity index (χ3n) is 6.44. The molecule has 4 rings (SSSR count). The van der Waals surface area contributed by atoms with Gasteiger partial charge in [-0.05, 0) is 79.6 Å². The largest absolute Gasteiger partial charge is 0.467 e. The van der Waals surface area contributed by atoms with Crippen molar-refractivity contribution in [3.63, 3.8) is 0 Å². The van der Waals surface area contributed by atoms with E-state index in [1.54, 1.807) is 80.6 Å². The molecule has 42 heavy (non-hydrogen) atoms. The maximum atomic E-state index is 13.9. The van der Waals surface area contributed by atoms with E-state index in [1.165, 1.54) is 27.6 Å². The lowest BCUT2D eigenvalue weighted by atomic mass is 10.1. The Morgan fingerprint density at radius 1 is 0.905 bits per heavy atom. The molecule has 0 atom stereocenters. The number of hydrogen-bond acceptors (Lipinski definition) is 6. The number of nitrogens with zero attached hydrogens (tertiary/aromatic N) is 2. The van der Waals surface area contributed by atoms with Crippen LogP contribution in [0.4, 0.5) is 5.69 Å². The number of carbonyl (C=O) groups excluding carboxylic acids is 2. The minimum atomic E-state index is -4.03. The average molecular weight is 630 g/mol. The summed E-state index contributed by atoms with van der Waals surface area (Å²) >= 11 is 12.7. The van der Waals surface area contributed by atoms with Crippen LogP contribution in [-0.2, 0) is 39.1 Å². The number of hydrogen-bond donors (Lipinski definition) is 0. The van der Waals surface area contributed by atoms with Gasteiger partial charge in [0.2, 0.25) is 0 Å². The summed E-state index contributed by atoms with van der Waals surface area (Å²) in [7, 11) is -4.03. The number of benzene rings is 3. The lowest BCUT2D eigenvalue weighted by molar-refractivity contribution is -0.142. The van der Waals surface area contributed by atoms with Gasteiger partial charge in [-0.15, -0.1) is 0 Å². The van der Waals surface area contributed by atoms with Crippen molar-refractivity contribution in [2.24, 2.45) is 0 Å². The molecule has 0 fully saturated rings. The van der Waals surface area contributed by atoms with Crippen LogP contribution in [-0.4, -0.2) is 38.3 Å². The SMILES string of the molecule is CCOC(=O)Cc1ccc(S(=O)(=O)N(CC)c2ccc(Cl)cc2CN(Cc2ccco2)C(=O)c2ccccc2Cl)cc1. The normalized spacial score (nSPS) is 11.2. The van der Waals surface area contributed by atoms with Crippen LogP contribution in [0, 0.1) is 0 Å². The molecule has 0 unspecified atom stereocenters. The Kier molecular flexibility index (Phi) is 10.3. The van der Waals surface area contributed by atoms with Gasteiger partial charge in [0, 0.05) is 18.1 Å². The maximum Gasteiger partial charge on any atom is 0.310 e. The van der Waals surface area contributed by atoms with Gasteiger partial charge in [0.1, 0.15) is 5.76 Å². The molecule has 0 spiro atoms. The summed E-state index contributed by atoms with van der Waals surface area (Å²) in [4.78, 5) is 27.1. The van der Waals surface area contributed by atoms with E-state index in [-0.39, 0.29) is 49.4 Å². The molecule has 11 heteroatoms. The van der Waals surface area contributed by atoms with Crippen molar-refractivity contribution in [1.82, 2.24) is 4.90 Å². The van der Waals surface area contributed by atoms with Gasteiger partial charge in [-0.2, -0.15) is 0 Å². The second-order valence-corrected chi connectivity index (χ2v) is 12.0. The summed E-state index contributed by atoms with van der Waals surface area (Å²) in [6.07, 6.45) is 1.56. The van der Waals surface area contributed by atoms with E-state index in [1.807, 2.05) is 0 Å². The van der Waals surface area contributed by atoms with Crippen LogP contribution in [0.25, 0.3) is 0 Å². The first-order chi connectivity index (χ1) is 20.1. The van der Waals surface area contributed by atoms with Crippen molar-refractivity contribution in [1.29, 1.82) is 0 Å². The zero-order chi connectivity index (χ0) is 30.3. The van der Waals surface area contributed by atoms with Crippen LogP contribution in [0.3, 0.4) is 0 Å². The highest BCUT2D eigenvalue weighted by molar-refractivity contribution is 7.92. The fraction of sp³-hybridized carbons (Fsp3) is 0.226. The van der Waals surface area contributed by atoms with E-state index in [2.05, 4.69) is 0 Å². The highest BCUT2D eigenvalue weighted by Gasteiger charge is 2.28. The number of sulfonamides is 1. The molecule has 0 bridgehead atoms. The monoisotopic (exact) mass is 628 g/mol. The Balaban J connectivity index is 1.69. The van der Waals surface area contributed by atoms with E-state index < -0.39 is 10.0 Å². The van der Waals surface area contributed by atoms with Crippen molar-refractivity contribution < 1.29 is 27.2 Å². The number of ether oxygens (including phenoxy) is 1. The Bertz CT molecular complexity index is 1640. The van der Waals surface area contributed by atoms with Crippen molar-refractivity contribution in [3.05, 3.63) is 118 Å². The minimum absolute atomic E-state index is 0.0190. The fourth-order valence-corrected chi connectivity index (χ4v) is 6.40. The van der Waals surface area contributed by atoms with Gasteiger partial charge in [0.25, 0.3) is 15.9 Å². The second-order valence-electron chi connectivity index (χ2n) is 9.29. The number of carbonyl (C=O) groups is 2. The first kappa shape index (κ1) is 31.2. The summed E-state index contributed by atoms with van der Waals surface area (Å²) in [5.41, 5.74) is 1.82. The van der Waals surface area contributed by atoms with Gasteiger partial charge in [0.15, 0.2) is 0 Å². The molecule has 0 aliphatic rings. The Morgan fingerprint density at radius 2 is 1.64 bits per heavy atom. The van der Waals surface area contributed by atoms with Crippen molar-refractivity contribution in [2.75, 3.05) is 17.5 Å². The van der Waals surface area contributed by atoms with Gasteiger partial charge < -0.3 is 14.1 Å². The second kappa shape index (κ2) is 13.9. The molecule has 220 valence electrons. The highest BCUT2D eigenvalue weighted by atomic mass is 35.5. The Labute approximate surface area is 255 Å². The van der Waals surface area contributed by atoms with Gasteiger partial charge in [-0.1, -0.05) is 47.5 Å². The first-order valence-electron chi connectivity index (χ1n) is 13.3. The third-order valence-corrected chi connectivity index (χ3v) is 8.91. The number of anilines is 1. The number of halogens is 2.